The summed E-state index contributed by atoms with van der Waals surface area (Å²) in [5.41, 5.74) is 4.49. The molecular formula is C20H16N6OS. The standard InChI is InChI=1S/C20H16N6OS/c1-11-15(13-6-3-4-9-26(13)24-11)20-23-17-16-12(7-5-8-14(16)27-2)25(10-21)19(22)18(17)28-20/h3-10,21-22H,1-2H3. The van der Waals surface area contributed by atoms with E-state index in [4.69, 9.17) is 20.5 Å². The van der Waals surface area contributed by atoms with E-state index in [9.17, 15) is 0 Å². The van der Waals surface area contributed by atoms with Crippen molar-refractivity contribution in [3.63, 3.8) is 0 Å². The molecule has 0 radical (unpaired) electrons. The lowest BCUT2D eigenvalue weighted by Crippen LogP contribution is -2.19. The quantitative estimate of drug-likeness (QED) is 0.364. The zero-order chi connectivity index (χ0) is 19.4. The predicted octanol–water partition coefficient (Wildman–Crippen LogP) is 3.82. The first-order chi connectivity index (χ1) is 13.6. The summed E-state index contributed by atoms with van der Waals surface area (Å²) >= 11 is 1.44. The minimum atomic E-state index is 0.239. The van der Waals surface area contributed by atoms with Crippen LogP contribution in [0.2, 0.25) is 0 Å². The number of hydrogen-bond acceptors (Lipinski definition) is 6. The molecule has 138 valence electrons. The molecule has 0 saturated carbocycles. The van der Waals surface area contributed by atoms with Crippen LogP contribution in [0.3, 0.4) is 0 Å². The number of nitrogens with one attached hydrogen (secondary N) is 2. The second kappa shape index (κ2) is 6.00. The van der Waals surface area contributed by atoms with Crippen LogP contribution in [0.4, 0.5) is 0 Å². The number of nitrogens with zero attached hydrogens (tertiary/aromatic N) is 4. The van der Waals surface area contributed by atoms with Crippen molar-refractivity contribution in [2.24, 2.45) is 0 Å². The highest BCUT2D eigenvalue weighted by molar-refractivity contribution is 7.21. The first kappa shape index (κ1) is 16.6. The second-order valence-electron chi connectivity index (χ2n) is 6.39. The van der Waals surface area contributed by atoms with Crippen LogP contribution >= 0.6 is 11.3 Å². The van der Waals surface area contributed by atoms with Crippen LogP contribution in [-0.2, 0) is 0 Å². The maximum Gasteiger partial charge on any atom is 0.150 e. The Morgan fingerprint density at radius 1 is 1.14 bits per heavy atom. The number of rotatable bonds is 3. The van der Waals surface area contributed by atoms with Gasteiger partial charge in [0.05, 0.1) is 51.3 Å². The number of aromatic nitrogens is 4. The average Bonchev–Trinajstić information content (AvgIpc) is 3.28. The highest BCUT2D eigenvalue weighted by Crippen LogP contribution is 2.38. The third-order valence-electron chi connectivity index (χ3n) is 4.86. The zero-order valence-electron chi connectivity index (χ0n) is 15.2. The van der Waals surface area contributed by atoms with Gasteiger partial charge < -0.3 is 4.74 Å². The first-order valence-electron chi connectivity index (χ1n) is 8.65. The molecule has 5 rings (SSSR count). The fraction of sp³-hybridized carbons (Fsp3) is 0.100. The highest BCUT2D eigenvalue weighted by atomic mass is 32.1. The molecule has 28 heavy (non-hydrogen) atoms. The SMILES string of the molecule is COc1cccc2c1c1nc(-c3c(C)nn4ccccc34)sc1c(=N)n2C=N. The number of thiazole rings is 1. The van der Waals surface area contributed by atoms with Crippen LogP contribution in [0.5, 0.6) is 5.75 Å². The van der Waals surface area contributed by atoms with Crippen molar-refractivity contribution < 1.29 is 4.74 Å². The van der Waals surface area contributed by atoms with Gasteiger partial charge in [-0.1, -0.05) is 12.1 Å². The number of fused-ring (bicyclic) bond motifs is 4. The zero-order valence-corrected chi connectivity index (χ0v) is 16.0. The van der Waals surface area contributed by atoms with Crippen LogP contribution in [0.15, 0.2) is 42.6 Å². The predicted molar refractivity (Wildman–Crippen MR) is 111 cm³/mol. The number of pyridine rings is 2. The Bertz CT molecular complexity index is 1460. The topological polar surface area (TPSA) is 92.1 Å². The average molecular weight is 388 g/mol. The van der Waals surface area contributed by atoms with E-state index >= 15 is 0 Å². The van der Waals surface area contributed by atoms with Crippen LogP contribution in [-0.4, -0.2) is 32.6 Å². The molecule has 0 fully saturated rings. The molecule has 1 aromatic carbocycles. The normalized spacial score (nSPS) is 11.5. The molecule has 0 aliphatic rings. The number of ether oxygens (including phenoxy) is 1. The summed E-state index contributed by atoms with van der Waals surface area (Å²) < 4.78 is 9.67. The van der Waals surface area contributed by atoms with E-state index in [0.29, 0.717) is 16.0 Å². The van der Waals surface area contributed by atoms with Crippen molar-refractivity contribution in [1.82, 2.24) is 19.2 Å². The summed E-state index contributed by atoms with van der Waals surface area (Å²) in [7, 11) is 1.62. The summed E-state index contributed by atoms with van der Waals surface area (Å²) in [6, 6.07) is 11.5. The molecule has 5 aromatic rings. The lowest BCUT2D eigenvalue weighted by molar-refractivity contribution is 0.420. The summed E-state index contributed by atoms with van der Waals surface area (Å²) in [4.78, 5) is 4.92. The maximum absolute atomic E-state index is 8.63. The summed E-state index contributed by atoms with van der Waals surface area (Å²) in [6.07, 6.45) is 3.07. The summed E-state index contributed by atoms with van der Waals surface area (Å²) in [5.74, 6) is 0.673. The Balaban J connectivity index is 1.96. The molecular weight excluding hydrogens is 372 g/mol. The van der Waals surface area contributed by atoms with Gasteiger partial charge in [-0.25, -0.2) is 9.50 Å². The van der Waals surface area contributed by atoms with Crippen molar-refractivity contribution in [1.29, 1.82) is 10.8 Å². The molecule has 8 heteroatoms. The van der Waals surface area contributed by atoms with E-state index < -0.39 is 0 Å². The Morgan fingerprint density at radius 3 is 2.75 bits per heavy atom. The minimum Gasteiger partial charge on any atom is -0.496 e. The van der Waals surface area contributed by atoms with E-state index in [2.05, 4.69) is 5.10 Å². The molecule has 0 saturated heterocycles. The number of methoxy groups -OCH3 is 1. The van der Waals surface area contributed by atoms with E-state index in [1.807, 2.05) is 54.0 Å². The molecule has 0 unspecified atom stereocenters. The number of benzene rings is 1. The number of hydrogen-bond donors (Lipinski definition) is 2. The van der Waals surface area contributed by atoms with Gasteiger partial charge in [-0.2, -0.15) is 5.10 Å². The molecule has 7 nitrogen and oxygen atoms in total. The molecule has 0 aliphatic heterocycles. The second-order valence-corrected chi connectivity index (χ2v) is 7.39. The van der Waals surface area contributed by atoms with Gasteiger partial charge in [-0.3, -0.25) is 15.4 Å². The molecule has 0 bridgehead atoms. The minimum absolute atomic E-state index is 0.239. The third kappa shape index (κ3) is 2.15. The van der Waals surface area contributed by atoms with E-state index in [1.165, 1.54) is 11.3 Å². The van der Waals surface area contributed by atoms with Crippen LogP contribution in [0, 0.1) is 17.7 Å². The summed E-state index contributed by atoms with van der Waals surface area (Å²) in [5, 5.41) is 22.6. The van der Waals surface area contributed by atoms with Crippen LogP contribution < -0.4 is 10.2 Å². The largest absolute Gasteiger partial charge is 0.496 e. The molecule has 0 amide bonds. The Hall–Kier alpha value is -3.52. The fourth-order valence-electron chi connectivity index (χ4n) is 3.63. The van der Waals surface area contributed by atoms with Gasteiger partial charge in [0.25, 0.3) is 0 Å². The highest BCUT2D eigenvalue weighted by Gasteiger charge is 2.20. The Morgan fingerprint density at radius 2 is 1.96 bits per heavy atom. The van der Waals surface area contributed by atoms with E-state index in [1.54, 1.807) is 11.7 Å². The third-order valence-corrected chi connectivity index (χ3v) is 5.94. The Kier molecular flexibility index (Phi) is 3.56. The van der Waals surface area contributed by atoms with Gasteiger partial charge in [0.2, 0.25) is 0 Å². The Labute approximate surface area is 163 Å². The smallest absolute Gasteiger partial charge is 0.150 e. The number of aryl methyl sites for hydroxylation is 1. The molecule has 2 N–H and O–H groups in total. The van der Waals surface area contributed by atoms with Gasteiger partial charge in [0.15, 0.2) is 5.49 Å². The van der Waals surface area contributed by atoms with E-state index in [-0.39, 0.29) is 5.49 Å². The molecule has 0 spiro atoms. The lowest BCUT2D eigenvalue weighted by atomic mass is 10.1. The van der Waals surface area contributed by atoms with Crippen molar-refractivity contribution in [3.8, 4) is 16.3 Å². The van der Waals surface area contributed by atoms with E-state index in [0.717, 1.165) is 39.0 Å². The van der Waals surface area contributed by atoms with Gasteiger partial charge >= 0.3 is 0 Å². The molecule has 4 aromatic heterocycles. The monoisotopic (exact) mass is 388 g/mol. The van der Waals surface area contributed by atoms with Crippen molar-refractivity contribution in [3.05, 3.63) is 53.8 Å². The maximum atomic E-state index is 8.63. The van der Waals surface area contributed by atoms with Crippen LogP contribution in [0.25, 0.3) is 37.2 Å². The van der Waals surface area contributed by atoms with Crippen molar-refractivity contribution in [2.75, 3.05) is 7.11 Å². The molecule has 0 atom stereocenters. The first-order valence-corrected chi connectivity index (χ1v) is 9.47. The van der Waals surface area contributed by atoms with Crippen molar-refractivity contribution >= 4 is 44.3 Å². The van der Waals surface area contributed by atoms with Crippen LogP contribution in [0.1, 0.15) is 5.69 Å². The van der Waals surface area contributed by atoms with Gasteiger partial charge in [-0.05, 0) is 31.2 Å². The van der Waals surface area contributed by atoms with Crippen molar-refractivity contribution in [2.45, 2.75) is 6.92 Å². The van der Waals surface area contributed by atoms with Gasteiger partial charge in [-0.15, -0.1) is 11.3 Å². The van der Waals surface area contributed by atoms with Gasteiger partial charge in [0, 0.05) is 6.20 Å². The van der Waals surface area contributed by atoms with Gasteiger partial charge in [0.1, 0.15) is 10.8 Å². The molecule has 4 heterocycles. The summed E-state index contributed by atoms with van der Waals surface area (Å²) in [6.45, 7) is 1.96. The lowest BCUT2D eigenvalue weighted by Gasteiger charge is -2.10. The fourth-order valence-corrected chi connectivity index (χ4v) is 4.75. The molecule has 0 aliphatic carbocycles.